The van der Waals surface area contributed by atoms with Crippen molar-refractivity contribution in [2.24, 2.45) is 5.73 Å². The molecule has 1 atom stereocenters. The lowest BCUT2D eigenvalue weighted by atomic mass is 9.91. The zero-order valence-electron chi connectivity index (χ0n) is 12.8. The standard InChI is InChI=1S/C19H24N2/c1-15-17(12-20)8-5-9-19(15)18-10-11-21(14-18)13-16-6-3-2-4-7-16/h2-9,18H,10-14,20H2,1H3. The Kier molecular flexibility index (Phi) is 4.37. The number of likely N-dealkylation sites (tertiary alicyclic amines) is 1. The lowest BCUT2D eigenvalue weighted by Crippen LogP contribution is -2.20. The van der Waals surface area contributed by atoms with Gasteiger partial charge in [0.25, 0.3) is 0 Å². The molecule has 2 aromatic rings. The minimum absolute atomic E-state index is 0.639. The Balaban J connectivity index is 1.70. The van der Waals surface area contributed by atoms with Crippen LogP contribution in [0.5, 0.6) is 0 Å². The monoisotopic (exact) mass is 280 g/mol. The highest BCUT2D eigenvalue weighted by atomic mass is 15.1. The molecule has 0 aliphatic carbocycles. The van der Waals surface area contributed by atoms with Crippen LogP contribution >= 0.6 is 0 Å². The summed E-state index contributed by atoms with van der Waals surface area (Å²) < 4.78 is 0. The minimum atomic E-state index is 0.639. The quantitative estimate of drug-likeness (QED) is 0.929. The second-order valence-electron chi connectivity index (χ2n) is 6.04. The van der Waals surface area contributed by atoms with Crippen molar-refractivity contribution in [1.29, 1.82) is 0 Å². The van der Waals surface area contributed by atoms with Gasteiger partial charge in [-0.3, -0.25) is 4.90 Å². The van der Waals surface area contributed by atoms with Crippen molar-refractivity contribution < 1.29 is 0 Å². The molecule has 1 unspecified atom stereocenters. The van der Waals surface area contributed by atoms with E-state index < -0.39 is 0 Å². The third-order valence-electron chi connectivity index (χ3n) is 4.67. The Morgan fingerprint density at radius 2 is 1.90 bits per heavy atom. The van der Waals surface area contributed by atoms with Gasteiger partial charge < -0.3 is 5.73 Å². The number of hydrogen-bond acceptors (Lipinski definition) is 2. The van der Waals surface area contributed by atoms with Crippen LogP contribution in [-0.4, -0.2) is 18.0 Å². The lowest BCUT2D eigenvalue weighted by molar-refractivity contribution is 0.327. The van der Waals surface area contributed by atoms with Gasteiger partial charge in [0.05, 0.1) is 0 Å². The fourth-order valence-corrected chi connectivity index (χ4v) is 3.44. The molecule has 1 fully saturated rings. The number of hydrogen-bond donors (Lipinski definition) is 1. The van der Waals surface area contributed by atoms with E-state index >= 15 is 0 Å². The van der Waals surface area contributed by atoms with Crippen LogP contribution < -0.4 is 5.73 Å². The predicted octanol–water partition coefficient (Wildman–Crippen LogP) is 3.44. The van der Waals surface area contributed by atoms with Gasteiger partial charge in [0.1, 0.15) is 0 Å². The summed E-state index contributed by atoms with van der Waals surface area (Å²) >= 11 is 0. The zero-order valence-corrected chi connectivity index (χ0v) is 12.8. The van der Waals surface area contributed by atoms with Crippen LogP contribution in [0, 0.1) is 6.92 Å². The second kappa shape index (κ2) is 6.42. The Morgan fingerprint density at radius 3 is 2.67 bits per heavy atom. The molecule has 0 aromatic heterocycles. The number of benzene rings is 2. The van der Waals surface area contributed by atoms with Crippen LogP contribution in [0.1, 0.15) is 34.6 Å². The summed E-state index contributed by atoms with van der Waals surface area (Å²) in [6, 6.07) is 17.3. The molecule has 2 heteroatoms. The molecule has 1 aliphatic rings. The van der Waals surface area contributed by atoms with Crippen molar-refractivity contribution >= 4 is 0 Å². The van der Waals surface area contributed by atoms with Crippen molar-refractivity contribution in [1.82, 2.24) is 4.90 Å². The molecule has 2 N–H and O–H groups in total. The third-order valence-corrected chi connectivity index (χ3v) is 4.67. The van der Waals surface area contributed by atoms with Gasteiger partial charge in [0, 0.05) is 19.6 Å². The summed E-state index contributed by atoms with van der Waals surface area (Å²) in [6.07, 6.45) is 1.25. The van der Waals surface area contributed by atoms with Gasteiger partial charge in [0.15, 0.2) is 0 Å². The molecule has 3 rings (SSSR count). The molecule has 21 heavy (non-hydrogen) atoms. The SMILES string of the molecule is Cc1c(CN)cccc1C1CCN(Cc2ccccc2)C1. The molecule has 110 valence electrons. The Labute approximate surface area is 127 Å². The first-order valence-corrected chi connectivity index (χ1v) is 7.82. The molecule has 0 bridgehead atoms. The maximum Gasteiger partial charge on any atom is 0.0233 e. The number of nitrogens with two attached hydrogens (primary N) is 1. The van der Waals surface area contributed by atoms with E-state index in [2.05, 4.69) is 60.4 Å². The molecule has 1 heterocycles. The first kappa shape index (κ1) is 14.3. The van der Waals surface area contributed by atoms with E-state index in [1.54, 1.807) is 0 Å². The Morgan fingerprint density at radius 1 is 1.10 bits per heavy atom. The molecule has 0 amide bonds. The Bertz CT molecular complexity index is 592. The van der Waals surface area contributed by atoms with E-state index in [-0.39, 0.29) is 0 Å². The van der Waals surface area contributed by atoms with E-state index in [4.69, 9.17) is 5.73 Å². The maximum absolute atomic E-state index is 5.84. The number of rotatable bonds is 4. The average molecular weight is 280 g/mol. The van der Waals surface area contributed by atoms with E-state index in [0.717, 1.165) is 13.1 Å². The normalized spacial score (nSPS) is 19.0. The number of nitrogens with zero attached hydrogens (tertiary/aromatic N) is 1. The fraction of sp³-hybridized carbons (Fsp3) is 0.368. The molecule has 2 nitrogen and oxygen atoms in total. The van der Waals surface area contributed by atoms with Gasteiger partial charge in [-0.25, -0.2) is 0 Å². The van der Waals surface area contributed by atoms with E-state index in [1.807, 2.05) is 0 Å². The smallest absolute Gasteiger partial charge is 0.0233 e. The van der Waals surface area contributed by atoms with Crippen LogP contribution in [0.4, 0.5) is 0 Å². The highest BCUT2D eigenvalue weighted by molar-refractivity contribution is 5.37. The topological polar surface area (TPSA) is 29.3 Å². The first-order chi connectivity index (χ1) is 10.3. The highest BCUT2D eigenvalue weighted by Crippen LogP contribution is 2.31. The molecule has 1 saturated heterocycles. The van der Waals surface area contributed by atoms with E-state index in [9.17, 15) is 0 Å². The van der Waals surface area contributed by atoms with Crippen molar-refractivity contribution in [2.45, 2.75) is 32.4 Å². The lowest BCUT2D eigenvalue weighted by Gasteiger charge is -2.18. The summed E-state index contributed by atoms with van der Waals surface area (Å²) in [7, 11) is 0. The summed E-state index contributed by atoms with van der Waals surface area (Å²) in [5.41, 5.74) is 11.4. The average Bonchev–Trinajstić information content (AvgIpc) is 2.97. The van der Waals surface area contributed by atoms with Crippen LogP contribution in [-0.2, 0) is 13.1 Å². The van der Waals surface area contributed by atoms with Crippen LogP contribution in [0.15, 0.2) is 48.5 Å². The van der Waals surface area contributed by atoms with Gasteiger partial charge in [-0.2, -0.15) is 0 Å². The van der Waals surface area contributed by atoms with E-state index in [1.165, 1.54) is 35.2 Å². The molecule has 0 radical (unpaired) electrons. The van der Waals surface area contributed by atoms with Gasteiger partial charge in [0.2, 0.25) is 0 Å². The van der Waals surface area contributed by atoms with Gasteiger partial charge in [-0.05, 0) is 48.1 Å². The maximum atomic E-state index is 5.84. The van der Waals surface area contributed by atoms with Crippen LogP contribution in [0.25, 0.3) is 0 Å². The summed E-state index contributed by atoms with van der Waals surface area (Å²) in [5, 5.41) is 0. The van der Waals surface area contributed by atoms with Crippen molar-refractivity contribution in [3.63, 3.8) is 0 Å². The van der Waals surface area contributed by atoms with Crippen LogP contribution in [0.2, 0.25) is 0 Å². The van der Waals surface area contributed by atoms with Crippen molar-refractivity contribution in [2.75, 3.05) is 13.1 Å². The van der Waals surface area contributed by atoms with Crippen molar-refractivity contribution in [3.05, 3.63) is 70.8 Å². The summed E-state index contributed by atoms with van der Waals surface area (Å²) in [5.74, 6) is 0.653. The van der Waals surface area contributed by atoms with E-state index in [0.29, 0.717) is 12.5 Å². The van der Waals surface area contributed by atoms with Gasteiger partial charge in [-0.1, -0.05) is 48.5 Å². The van der Waals surface area contributed by atoms with Crippen molar-refractivity contribution in [3.8, 4) is 0 Å². The Hall–Kier alpha value is -1.64. The molecule has 0 spiro atoms. The third kappa shape index (κ3) is 3.17. The zero-order chi connectivity index (χ0) is 14.7. The largest absolute Gasteiger partial charge is 0.326 e. The predicted molar refractivity (Wildman–Crippen MR) is 88.1 cm³/mol. The fourth-order valence-electron chi connectivity index (χ4n) is 3.44. The summed E-state index contributed by atoms with van der Waals surface area (Å²) in [4.78, 5) is 2.56. The van der Waals surface area contributed by atoms with Gasteiger partial charge in [-0.15, -0.1) is 0 Å². The molecule has 1 aliphatic heterocycles. The van der Waals surface area contributed by atoms with Gasteiger partial charge >= 0.3 is 0 Å². The molecular weight excluding hydrogens is 256 g/mol. The molecular formula is C19H24N2. The van der Waals surface area contributed by atoms with Crippen LogP contribution in [0.3, 0.4) is 0 Å². The molecule has 2 aromatic carbocycles. The second-order valence-corrected chi connectivity index (χ2v) is 6.04. The molecule has 0 saturated carbocycles. The summed E-state index contributed by atoms with van der Waals surface area (Å²) in [6.45, 7) is 6.26. The minimum Gasteiger partial charge on any atom is -0.326 e. The highest BCUT2D eigenvalue weighted by Gasteiger charge is 2.25. The first-order valence-electron chi connectivity index (χ1n) is 7.82.